The van der Waals surface area contributed by atoms with E-state index in [4.69, 9.17) is 5.73 Å². The van der Waals surface area contributed by atoms with Gasteiger partial charge in [-0.05, 0) is 31.9 Å². The van der Waals surface area contributed by atoms with Crippen molar-refractivity contribution in [2.24, 2.45) is 5.92 Å². The fraction of sp³-hybridized carbons (Fsp3) is 0.381. The number of nitrogen functional groups attached to an aromatic ring is 1. The summed E-state index contributed by atoms with van der Waals surface area (Å²) in [5.74, 6) is -0.768. The highest BCUT2D eigenvalue weighted by Crippen LogP contribution is 2.22. The number of carbonyl (C=O) groups excluding carboxylic acids is 1. The van der Waals surface area contributed by atoms with Crippen LogP contribution in [0.25, 0.3) is 10.9 Å². The molecule has 0 saturated heterocycles. The number of rotatable bonds is 7. The summed E-state index contributed by atoms with van der Waals surface area (Å²) >= 11 is 1.06. The van der Waals surface area contributed by atoms with Gasteiger partial charge in [-0.1, -0.05) is 37.7 Å². The van der Waals surface area contributed by atoms with Crippen LogP contribution in [0.2, 0.25) is 0 Å². The van der Waals surface area contributed by atoms with E-state index in [2.05, 4.69) is 9.97 Å². The Bertz CT molecular complexity index is 1320. The van der Waals surface area contributed by atoms with Crippen LogP contribution in [-0.4, -0.2) is 30.6 Å². The second-order valence-electron chi connectivity index (χ2n) is 7.92. The monoisotopic (exact) mass is 443 g/mol. The van der Waals surface area contributed by atoms with Crippen LogP contribution in [0.3, 0.4) is 0 Å². The molecule has 0 fully saturated rings. The zero-order valence-electron chi connectivity index (χ0n) is 17.8. The van der Waals surface area contributed by atoms with Gasteiger partial charge < -0.3 is 5.73 Å². The van der Waals surface area contributed by atoms with Gasteiger partial charge in [-0.3, -0.25) is 28.5 Å². The lowest BCUT2D eigenvalue weighted by molar-refractivity contribution is 0.102. The molecule has 0 bridgehead atoms. The smallest absolute Gasteiger partial charge is 0.329 e. The molecule has 0 radical (unpaired) electrons. The van der Waals surface area contributed by atoms with Crippen molar-refractivity contribution in [1.82, 2.24) is 19.1 Å². The fourth-order valence-electron chi connectivity index (χ4n) is 3.29. The minimum atomic E-state index is -0.819. The molecule has 0 amide bonds. The van der Waals surface area contributed by atoms with E-state index in [0.717, 1.165) is 11.8 Å². The number of H-pyrrole nitrogens is 1. The maximum absolute atomic E-state index is 12.9. The second kappa shape index (κ2) is 8.93. The molecule has 0 unspecified atom stereocenters. The summed E-state index contributed by atoms with van der Waals surface area (Å²) in [5.41, 5.74) is 4.63. The van der Waals surface area contributed by atoms with Gasteiger partial charge in [-0.25, -0.2) is 9.78 Å². The number of hydrogen-bond acceptors (Lipinski definition) is 7. The van der Waals surface area contributed by atoms with Crippen LogP contribution in [0.15, 0.2) is 43.8 Å². The van der Waals surface area contributed by atoms with Crippen LogP contribution < -0.4 is 22.5 Å². The minimum absolute atomic E-state index is 0.0884. The lowest BCUT2D eigenvalue weighted by Gasteiger charge is -2.16. The number of carbonyl (C=O) groups is 1. The predicted octanol–water partition coefficient (Wildman–Crippen LogP) is 2.04. The molecule has 3 aromatic rings. The third-order valence-electron chi connectivity index (χ3n) is 4.69. The lowest BCUT2D eigenvalue weighted by atomic mass is 10.2. The lowest BCUT2D eigenvalue weighted by Crippen LogP contribution is -2.37. The zero-order valence-corrected chi connectivity index (χ0v) is 18.7. The number of aromatic nitrogens is 4. The summed E-state index contributed by atoms with van der Waals surface area (Å²) in [6, 6.07) is 6.82. The van der Waals surface area contributed by atoms with E-state index in [1.807, 2.05) is 27.7 Å². The molecule has 0 saturated carbocycles. The van der Waals surface area contributed by atoms with Gasteiger partial charge in [0, 0.05) is 12.6 Å². The van der Waals surface area contributed by atoms with E-state index in [1.54, 1.807) is 24.3 Å². The number of fused-ring (bicyclic) bond motifs is 1. The first kappa shape index (κ1) is 22.5. The van der Waals surface area contributed by atoms with E-state index in [9.17, 15) is 19.2 Å². The SMILES string of the molecule is CC(C)Cn1c(N)c(C(=O)CSc2nc3ccccc3c(=O)n2C(C)C)c(=O)[nH]c1=O. The van der Waals surface area contributed by atoms with Crippen molar-refractivity contribution in [3.8, 4) is 0 Å². The van der Waals surface area contributed by atoms with Crippen LogP contribution in [0, 0.1) is 5.92 Å². The summed E-state index contributed by atoms with van der Waals surface area (Å²) in [4.78, 5) is 56.9. The average molecular weight is 444 g/mol. The number of benzene rings is 1. The Morgan fingerprint density at radius 3 is 2.48 bits per heavy atom. The number of ketones is 1. The molecule has 1 aromatic carbocycles. The van der Waals surface area contributed by atoms with Gasteiger partial charge in [-0.2, -0.15) is 0 Å². The molecular weight excluding hydrogens is 418 g/mol. The number of anilines is 1. The van der Waals surface area contributed by atoms with Crippen molar-refractivity contribution in [1.29, 1.82) is 0 Å². The number of nitrogens with two attached hydrogens (primary N) is 1. The minimum Gasteiger partial charge on any atom is -0.384 e. The first-order valence-corrected chi connectivity index (χ1v) is 10.9. The quantitative estimate of drug-likeness (QED) is 0.324. The highest BCUT2D eigenvalue weighted by molar-refractivity contribution is 7.99. The summed E-state index contributed by atoms with van der Waals surface area (Å²) in [6.07, 6.45) is 0. The number of aromatic amines is 1. The van der Waals surface area contributed by atoms with Gasteiger partial charge >= 0.3 is 5.69 Å². The van der Waals surface area contributed by atoms with Gasteiger partial charge in [0.25, 0.3) is 11.1 Å². The molecule has 31 heavy (non-hydrogen) atoms. The van der Waals surface area contributed by atoms with Gasteiger partial charge in [0.05, 0.1) is 16.7 Å². The number of para-hydroxylation sites is 1. The molecule has 2 aromatic heterocycles. The molecule has 2 heterocycles. The standard InChI is InChI=1S/C21H25N5O4S/c1-11(2)9-25-17(22)16(18(28)24-20(25)30)15(27)10-31-21-23-14-8-6-5-7-13(14)19(29)26(21)12(3)4/h5-8,11-12H,9-10,22H2,1-4H3,(H,24,28,30). The Morgan fingerprint density at radius 1 is 1.16 bits per heavy atom. The van der Waals surface area contributed by atoms with Crippen LogP contribution in [0.1, 0.15) is 44.1 Å². The molecule has 0 spiro atoms. The molecule has 164 valence electrons. The molecule has 3 rings (SSSR count). The molecule has 10 heteroatoms. The molecular formula is C21H25N5O4S. The highest BCUT2D eigenvalue weighted by Gasteiger charge is 2.21. The molecule has 0 aliphatic heterocycles. The number of thioether (sulfide) groups is 1. The first-order valence-electron chi connectivity index (χ1n) is 9.91. The average Bonchev–Trinajstić information content (AvgIpc) is 2.69. The maximum atomic E-state index is 12.9. The van der Waals surface area contributed by atoms with E-state index in [-0.39, 0.29) is 41.2 Å². The zero-order chi connectivity index (χ0) is 22.9. The van der Waals surface area contributed by atoms with Crippen LogP contribution in [0.5, 0.6) is 0 Å². The van der Waals surface area contributed by atoms with Crippen molar-refractivity contribution in [2.45, 2.75) is 45.4 Å². The van der Waals surface area contributed by atoms with Gasteiger partial charge in [0.1, 0.15) is 11.4 Å². The summed E-state index contributed by atoms with van der Waals surface area (Å²) in [5, 5.41) is 0.867. The molecule has 0 aliphatic rings. The number of hydrogen-bond donors (Lipinski definition) is 2. The Hall–Kier alpha value is -3.14. The molecule has 0 atom stereocenters. The number of Topliss-reactive ketones (excluding diaryl/α,β-unsaturated/α-hetero) is 1. The Morgan fingerprint density at radius 2 is 1.84 bits per heavy atom. The Balaban J connectivity index is 1.99. The van der Waals surface area contributed by atoms with Gasteiger partial charge in [0.15, 0.2) is 10.9 Å². The van der Waals surface area contributed by atoms with Crippen molar-refractivity contribution in [3.63, 3.8) is 0 Å². The molecule has 3 N–H and O–H groups in total. The van der Waals surface area contributed by atoms with Crippen molar-refractivity contribution < 1.29 is 4.79 Å². The second-order valence-corrected chi connectivity index (χ2v) is 8.86. The summed E-state index contributed by atoms with van der Waals surface area (Å²) < 4.78 is 2.72. The van der Waals surface area contributed by atoms with Crippen LogP contribution in [0.4, 0.5) is 5.82 Å². The molecule has 0 aliphatic carbocycles. The number of nitrogens with one attached hydrogen (secondary N) is 1. The highest BCUT2D eigenvalue weighted by atomic mass is 32.2. The van der Waals surface area contributed by atoms with E-state index >= 15 is 0 Å². The summed E-state index contributed by atoms with van der Waals surface area (Å²) in [6.45, 7) is 7.77. The van der Waals surface area contributed by atoms with Gasteiger partial charge in [-0.15, -0.1) is 0 Å². The van der Waals surface area contributed by atoms with Crippen molar-refractivity contribution >= 4 is 34.3 Å². The predicted molar refractivity (Wildman–Crippen MR) is 122 cm³/mol. The third kappa shape index (κ3) is 4.48. The first-order chi connectivity index (χ1) is 14.6. The maximum Gasteiger partial charge on any atom is 0.329 e. The fourth-order valence-corrected chi connectivity index (χ4v) is 4.29. The molecule has 9 nitrogen and oxygen atoms in total. The Labute approximate surface area is 182 Å². The van der Waals surface area contributed by atoms with Crippen LogP contribution in [-0.2, 0) is 6.54 Å². The van der Waals surface area contributed by atoms with Crippen molar-refractivity contribution in [2.75, 3.05) is 11.5 Å². The third-order valence-corrected chi connectivity index (χ3v) is 5.64. The van der Waals surface area contributed by atoms with E-state index in [0.29, 0.717) is 16.1 Å². The largest absolute Gasteiger partial charge is 0.384 e. The van der Waals surface area contributed by atoms with Crippen molar-refractivity contribution in [3.05, 3.63) is 61.0 Å². The number of nitrogens with zero attached hydrogens (tertiary/aromatic N) is 3. The summed E-state index contributed by atoms with van der Waals surface area (Å²) in [7, 11) is 0. The topological polar surface area (TPSA) is 133 Å². The normalized spacial score (nSPS) is 11.5. The van der Waals surface area contributed by atoms with E-state index < -0.39 is 17.0 Å². The van der Waals surface area contributed by atoms with Crippen LogP contribution >= 0.6 is 11.8 Å². The van der Waals surface area contributed by atoms with Gasteiger partial charge in [0.2, 0.25) is 0 Å². The Kier molecular flexibility index (Phi) is 6.49. The van der Waals surface area contributed by atoms with E-state index in [1.165, 1.54) is 9.13 Å².